The summed E-state index contributed by atoms with van der Waals surface area (Å²) in [4.78, 5) is 0. The van der Waals surface area contributed by atoms with Crippen LogP contribution in [0, 0.1) is 6.92 Å². The first-order valence-electron chi connectivity index (χ1n) is 8.52. The molecule has 2 aromatic rings. The third-order valence-corrected chi connectivity index (χ3v) is 4.25. The molecule has 5 nitrogen and oxygen atoms in total. The van der Waals surface area contributed by atoms with E-state index < -0.39 is 6.10 Å². The Hall–Kier alpha value is -1.95. The van der Waals surface area contributed by atoms with Crippen molar-refractivity contribution in [2.75, 3.05) is 33.9 Å². The van der Waals surface area contributed by atoms with E-state index in [9.17, 15) is 5.11 Å². The van der Waals surface area contributed by atoms with Crippen molar-refractivity contribution in [2.24, 2.45) is 0 Å². The smallest absolute Gasteiger partial charge is 0.160 e. The summed E-state index contributed by atoms with van der Waals surface area (Å²) in [5.74, 6) is 2.02. The van der Waals surface area contributed by atoms with Crippen LogP contribution in [0.4, 0.5) is 0 Å². The number of aliphatic hydroxyl groups is 1. The molecule has 0 aliphatic carbocycles. The van der Waals surface area contributed by atoms with E-state index in [1.54, 1.807) is 20.3 Å². The predicted molar refractivity (Wildman–Crippen MR) is 104 cm³/mol. The minimum Gasteiger partial charge on any atom is -0.493 e. The van der Waals surface area contributed by atoms with E-state index >= 15 is 0 Å². The summed E-state index contributed by atoms with van der Waals surface area (Å²) in [6, 6.07) is 11.4. The lowest BCUT2D eigenvalue weighted by molar-refractivity contribution is 0.106. The Kier molecular flexibility index (Phi) is 8.04. The maximum atomic E-state index is 10.1. The maximum Gasteiger partial charge on any atom is 0.160 e. The molecule has 0 aromatic heterocycles. The van der Waals surface area contributed by atoms with Gasteiger partial charge in [0.25, 0.3) is 0 Å². The Bertz CT molecular complexity index is 708. The van der Waals surface area contributed by atoms with Gasteiger partial charge in [-0.2, -0.15) is 0 Å². The lowest BCUT2D eigenvalue weighted by Gasteiger charge is -2.15. The molecule has 2 aromatic carbocycles. The molecule has 0 aliphatic heterocycles. The third-order valence-electron chi connectivity index (χ3n) is 3.94. The second-order valence-electron chi connectivity index (χ2n) is 6.04. The van der Waals surface area contributed by atoms with Gasteiger partial charge in [-0.15, -0.1) is 0 Å². The molecule has 0 heterocycles. The van der Waals surface area contributed by atoms with Crippen LogP contribution in [0.5, 0.6) is 17.2 Å². The predicted octanol–water partition coefficient (Wildman–Crippen LogP) is 3.24. The van der Waals surface area contributed by atoms with E-state index in [0.717, 1.165) is 24.1 Å². The molecule has 0 aliphatic rings. The lowest BCUT2D eigenvalue weighted by atomic mass is 10.1. The van der Waals surface area contributed by atoms with Gasteiger partial charge in [-0.1, -0.05) is 23.7 Å². The van der Waals surface area contributed by atoms with Gasteiger partial charge in [0.05, 0.1) is 19.2 Å². The van der Waals surface area contributed by atoms with Crippen LogP contribution in [0.25, 0.3) is 0 Å². The molecule has 6 heteroatoms. The summed E-state index contributed by atoms with van der Waals surface area (Å²) in [6.07, 6.45) is 0.203. The minimum absolute atomic E-state index is 0.187. The normalized spacial score (nSPS) is 11.9. The third kappa shape index (κ3) is 6.09. The molecule has 0 unspecified atom stereocenters. The zero-order chi connectivity index (χ0) is 18.9. The van der Waals surface area contributed by atoms with E-state index in [2.05, 4.69) is 5.32 Å². The Morgan fingerprint density at radius 3 is 2.54 bits per heavy atom. The molecule has 0 saturated carbocycles. The van der Waals surface area contributed by atoms with E-state index in [1.165, 1.54) is 0 Å². The van der Waals surface area contributed by atoms with Crippen molar-refractivity contribution in [3.63, 3.8) is 0 Å². The first-order valence-corrected chi connectivity index (χ1v) is 8.90. The molecule has 0 saturated heterocycles. The van der Waals surface area contributed by atoms with E-state index in [1.807, 2.05) is 37.3 Å². The van der Waals surface area contributed by atoms with Gasteiger partial charge in [-0.3, -0.25) is 0 Å². The summed E-state index contributed by atoms with van der Waals surface area (Å²) in [5.41, 5.74) is 2.19. The second kappa shape index (κ2) is 10.3. The Morgan fingerprint density at radius 1 is 1.04 bits per heavy atom. The van der Waals surface area contributed by atoms with Gasteiger partial charge >= 0.3 is 0 Å². The number of benzene rings is 2. The number of hydrogen-bond donors (Lipinski definition) is 2. The highest BCUT2D eigenvalue weighted by atomic mass is 35.5. The Balaban J connectivity index is 1.71. The average Bonchev–Trinajstić information content (AvgIpc) is 2.65. The van der Waals surface area contributed by atoms with Gasteiger partial charge in [-0.25, -0.2) is 0 Å². The average molecular weight is 380 g/mol. The summed E-state index contributed by atoms with van der Waals surface area (Å²) >= 11 is 6.08. The van der Waals surface area contributed by atoms with Crippen LogP contribution in [0.2, 0.25) is 5.02 Å². The summed E-state index contributed by atoms with van der Waals surface area (Å²) in [6.45, 7) is 3.33. The van der Waals surface area contributed by atoms with E-state index in [-0.39, 0.29) is 6.61 Å². The number of nitrogens with one attached hydrogen (secondary N) is 1. The molecule has 142 valence electrons. The Labute approximate surface area is 159 Å². The highest BCUT2D eigenvalue weighted by Crippen LogP contribution is 2.27. The number of methoxy groups -OCH3 is 2. The van der Waals surface area contributed by atoms with Crippen molar-refractivity contribution in [3.05, 3.63) is 52.5 Å². The SMILES string of the molecule is COc1ccc(CCNC[C@H](O)COc2cc(C)ccc2Cl)cc1OC. The van der Waals surface area contributed by atoms with Gasteiger partial charge in [0.1, 0.15) is 18.5 Å². The highest BCUT2D eigenvalue weighted by Gasteiger charge is 2.08. The highest BCUT2D eigenvalue weighted by molar-refractivity contribution is 6.32. The topological polar surface area (TPSA) is 60.0 Å². The fraction of sp³-hybridized carbons (Fsp3) is 0.400. The van der Waals surface area contributed by atoms with Crippen molar-refractivity contribution in [3.8, 4) is 17.2 Å². The van der Waals surface area contributed by atoms with Crippen LogP contribution < -0.4 is 19.5 Å². The number of aliphatic hydroxyl groups excluding tert-OH is 1. The fourth-order valence-electron chi connectivity index (χ4n) is 2.50. The van der Waals surface area contributed by atoms with Gasteiger partial charge in [-0.05, 0) is 55.3 Å². The number of hydrogen-bond acceptors (Lipinski definition) is 5. The molecule has 26 heavy (non-hydrogen) atoms. The number of rotatable bonds is 10. The zero-order valence-electron chi connectivity index (χ0n) is 15.4. The molecular weight excluding hydrogens is 354 g/mol. The molecule has 0 bridgehead atoms. The van der Waals surface area contributed by atoms with Crippen LogP contribution in [0.15, 0.2) is 36.4 Å². The zero-order valence-corrected chi connectivity index (χ0v) is 16.2. The molecule has 0 amide bonds. The first-order chi connectivity index (χ1) is 12.5. The van der Waals surface area contributed by atoms with Crippen LogP contribution in [0.1, 0.15) is 11.1 Å². The monoisotopic (exact) mass is 379 g/mol. The number of aryl methyl sites for hydroxylation is 1. The van der Waals surface area contributed by atoms with Crippen molar-refractivity contribution < 1.29 is 19.3 Å². The largest absolute Gasteiger partial charge is 0.493 e. The van der Waals surface area contributed by atoms with Gasteiger partial charge < -0.3 is 24.6 Å². The van der Waals surface area contributed by atoms with E-state index in [0.29, 0.717) is 28.8 Å². The maximum absolute atomic E-state index is 10.1. The summed E-state index contributed by atoms with van der Waals surface area (Å²) < 4.78 is 16.1. The molecule has 2 rings (SSSR count). The van der Waals surface area contributed by atoms with Crippen LogP contribution in [0.3, 0.4) is 0 Å². The van der Waals surface area contributed by atoms with Crippen LogP contribution in [-0.2, 0) is 6.42 Å². The van der Waals surface area contributed by atoms with E-state index in [4.69, 9.17) is 25.8 Å². The van der Waals surface area contributed by atoms with Crippen molar-refractivity contribution in [1.82, 2.24) is 5.32 Å². The molecule has 2 N–H and O–H groups in total. The second-order valence-corrected chi connectivity index (χ2v) is 6.45. The number of ether oxygens (including phenoxy) is 3. The molecule has 0 radical (unpaired) electrons. The van der Waals surface area contributed by atoms with Gasteiger partial charge in [0.15, 0.2) is 11.5 Å². The molecule has 1 atom stereocenters. The molecular formula is C20H26ClNO4. The summed E-state index contributed by atoms with van der Waals surface area (Å²) in [7, 11) is 3.24. The van der Waals surface area contributed by atoms with Crippen molar-refractivity contribution >= 4 is 11.6 Å². The quantitative estimate of drug-likeness (QED) is 0.620. The summed E-state index contributed by atoms with van der Waals surface area (Å²) in [5, 5.41) is 13.8. The molecule has 0 fully saturated rings. The Morgan fingerprint density at radius 2 is 1.81 bits per heavy atom. The van der Waals surface area contributed by atoms with Crippen LogP contribution >= 0.6 is 11.6 Å². The fourth-order valence-corrected chi connectivity index (χ4v) is 2.68. The van der Waals surface area contributed by atoms with Crippen molar-refractivity contribution in [2.45, 2.75) is 19.4 Å². The minimum atomic E-state index is -0.614. The van der Waals surface area contributed by atoms with Gasteiger partial charge in [0, 0.05) is 6.54 Å². The first kappa shape index (κ1) is 20.4. The molecule has 0 spiro atoms. The van der Waals surface area contributed by atoms with Crippen molar-refractivity contribution in [1.29, 1.82) is 0 Å². The standard InChI is InChI=1S/C20H26ClNO4/c1-14-4-6-17(21)19(10-14)26-13-16(23)12-22-9-8-15-5-7-18(24-2)20(11-15)25-3/h4-7,10-11,16,22-23H,8-9,12-13H2,1-3H3/t16-/m0/s1. The van der Waals surface area contributed by atoms with Gasteiger partial charge in [0.2, 0.25) is 0 Å². The van der Waals surface area contributed by atoms with Crippen LogP contribution in [-0.4, -0.2) is 45.1 Å². The number of halogens is 1. The lowest BCUT2D eigenvalue weighted by Crippen LogP contribution is -2.32.